The van der Waals surface area contributed by atoms with Crippen LogP contribution >= 0.6 is 0 Å². The number of hydrogen-bond donors (Lipinski definition) is 0. The fourth-order valence-electron chi connectivity index (χ4n) is 3.25. The molecule has 2 aromatic carbocycles. The Bertz CT molecular complexity index is 994. The first kappa shape index (κ1) is 19.9. The van der Waals surface area contributed by atoms with Crippen LogP contribution in [0.15, 0.2) is 60.9 Å². The molecular formula is C22H21F4N2+. The molecule has 0 spiro atoms. The predicted molar refractivity (Wildman–Crippen MR) is 102 cm³/mol. The number of nitrogens with zero attached hydrogens (tertiary/aromatic N) is 2. The van der Waals surface area contributed by atoms with Gasteiger partial charge in [0.15, 0.2) is 12.4 Å². The molecule has 0 atom stereocenters. The number of aromatic nitrogens is 1. The average molecular weight is 389 g/mol. The van der Waals surface area contributed by atoms with E-state index >= 15 is 0 Å². The van der Waals surface area contributed by atoms with E-state index < -0.39 is 11.7 Å². The average Bonchev–Trinajstić information content (AvgIpc) is 2.66. The molecule has 0 radical (unpaired) electrons. The third-order valence-electron chi connectivity index (χ3n) is 4.58. The number of aryl methyl sites for hydroxylation is 1. The van der Waals surface area contributed by atoms with E-state index in [1.54, 1.807) is 49.5 Å². The van der Waals surface area contributed by atoms with Crippen LogP contribution in [0.25, 0.3) is 22.3 Å². The molecule has 28 heavy (non-hydrogen) atoms. The highest BCUT2D eigenvalue weighted by molar-refractivity contribution is 5.89. The molecule has 1 heterocycles. The van der Waals surface area contributed by atoms with Gasteiger partial charge in [-0.25, -0.2) is 8.96 Å². The lowest BCUT2D eigenvalue weighted by atomic mass is 9.96. The molecule has 0 aliphatic carbocycles. The number of rotatable bonds is 4. The van der Waals surface area contributed by atoms with Gasteiger partial charge in [-0.3, -0.25) is 0 Å². The van der Waals surface area contributed by atoms with Crippen molar-refractivity contribution >= 4 is 5.69 Å². The maximum absolute atomic E-state index is 14.5. The largest absolute Gasteiger partial charge is 0.416 e. The Balaban J connectivity index is 2.33. The Kier molecular flexibility index (Phi) is 5.40. The van der Waals surface area contributed by atoms with Crippen LogP contribution in [-0.4, -0.2) is 14.1 Å². The summed E-state index contributed by atoms with van der Waals surface area (Å²) in [7, 11) is 3.60. The smallest absolute Gasteiger partial charge is 0.376 e. The van der Waals surface area contributed by atoms with Crippen molar-refractivity contribution in [1.82, 2.24) is 0 Å². The second-order valence-corrected chi connectivity index (χ2v) is 6.72. The van der Waals surface area contributed by atoms with Crippen molar-refractivity contribution in [2.75, 3.05) is 19.0 Å². The van der Waals surface area contributed by atoms with Gasteiger partial charge in [0, 0.05) is 19.7 Å². The van der Waals surface area contributed by atoms with Crippen molar-refractivity contribution in [3.8, 4) is 22.3 Å². The predicted octanol–water partition coefficient (Wildman–Crippen LogP) is 5.55. The highest BCUT2D eigenvalue weighted by atomic mass is 19.4. The monoisotopic (exact) mass is 389 g/mol. The molecule has 0 unspecified atom stereocenters. The van der Waals surface area contributed by atoms with Gasteiger partial charge < -0.3 is 4.90 Å². The molecule has 0 amide bonds. The lowest BCUT2D eigenvalue weighted by molar-refractivity contribution is -0.692. The van der Waals surface area contributed by atoms with Gasteiger partial charge in [-0.1, -0.05) is 30.3 Å². The summed E-state index contributed by atoms with van der Waals surface area (Å²) in [5.74, 6) is -0.380. The van der Waals surface area contributed by atoms with E-state index in [-0.39, 0.29) is 5.82 Å². The fourth-order valence-corrected chi connectivity index (χ4v) is 3.25. The molecule has 1 aromatic heterocycles. The second-order valence-electron chi connectivity index (χ2n) is 6.72. The molecule has 0 N–H and O–H groups in total. The molecule has 0 fully saturated rings. The zero-order valence-corrected chi connectivity index (χ0v) is 15.9. The highest BCUT2D eigenvalue weighted by Gasteiger charge is 2.31. The SMILES string of the molecule is CC[n+]1cc(-c2cccc(C(F)(F)F)c2)c(N(C)C)c(-c2ccccc2F)c1. The summed E-state index contributed by atoms with van der Waals surface area (Å²) < 4.78 is 56.0. The van der Waals surface area contributed by atoms with Gasteiger partial charge in [-0.15, -0.1) is 0 Å². The summed E-state index contributed by atoms with van der Waals surface area (Å²) in [4.78, 5) is 1.80. The number of alkyl halides is 3. The quantitative estimate of drug-likeness (QED) is 0.419. The van der Waals surface area contributed by atoms with Crippen LogP contribution in [0.5, 0.6) is 0 Å². The second kappa shape index (κ2) is 7.62. The molecule has 6 heteroatoms. The van der Waals surface area contributed by atoms with Gasteiger partial charge >= 0.3 is 6.18 Å². The number of benzene rings is 2. The summed E-state index contributed by atoms with van der Waals surface area (Å²) in [5.41, 5.74) is 2.02. The molecule has 3 rings (SSSR count). The van der Waals surface area contributed by atoms with E-state index in [0.717, 1.165) is 12.1 Å². The van der Waals surface area contributed by atoms with Crippen LogP contribution in [0.1, 0.15) is 12.5 Å². The minimum absolute atomic E-state index is 0.380. The lowest BCUT2D eigenvalue weighted by Gasteiger charge is -2.21. The molecule has 0 aliphatic rings. The first-order valence-corrected chi connectivity index (χ1v) is 8.89. The zero-order chi connectivity index (χ0) is 20.5. The van der Waals surface area contributed by atoms with Gasteiger partial charge in [0.05, 0.1) is 22.4 Å². The number of halogens is 4. The normalized spacial score (nSPS) is 11.5. The Morgan fingerprint density at radius 3 is 2.18 bits per heavy atom. The molecule has 2 nitrogen and oxygen atoms in total. The van der Waals surface area contributed by atoms with E-state index in [0.29, 0.717) is 34.5 Å². The van der Waals surface area contributed by atoms with Crippen LogP contribution in [0.3, 0.4) is 0 Å². The lowest BCUT2D eigenvalue weighted by Crippen LogP contribution is -2.33. The number of anilines is 1. The Morgan fingerprint density at radius 1 is 0.893 bits per heavy atom. The minimum atomic E-state index is -4.43. The Morgan fingerprint density at radius 2 is 1.57 bits per heavy atom. The van der Waals surface area contributed by atoms with Gasteiger partial charge in [0.25, 0.3) is 0 Å². The minimum Gasteiger partial charge on any atom is -0.376 e. The third kappa shape index (κ3) is 3.86. The van der Waals surface area contributed by atoms with Gasteiger partial charge in [-0.05, 0) is 30.7 Å². The topological polar surface area (TPSA) is 7.12 Å². The van der Waals surface area contributed by atoms with Crippen LogP contribution in [-0.2, 0) is 12.7 Å². The van der Waals surface area contributed by atoms with Crippen LogP contribution < -0.4 is 9.47 Å². The van der Waals surface area contributed by atoms with Crippen LogP contribution in [0.4, 0.5) is 23.2 Å². The zero-order valence-electron chi connectivity index (χ0n) is 15.9. The third-order valence-corrected chi connectivity index (χ3v) is 4.58. The first-order valence-electron chi connectivity index (χ1n) is 8.89. The van der Waals surface area contributed by atoms with Crippen molar-refractivity contribution < 1.29 is 22.1 Å². The molecule has 3 aromatic rings. The molecule has 0 saturated heterocycles. The molecule has 0 bridgehead atoms. The van der Waals surface area contributed by atoms with E-state index in [4.69, 9.17) is 0 Å². The van der Waals surface area contributed by atoms with Gasteiger partial charge in [-0.2, -0.15) is 13.2 Å². The first-order chi connectivity index (χ1) is 13.2. The summed E-state index contributed by atoms with van der Waals surface area (Å²) >= 11 is 0. The fraction of sp³-hybridized carbons (Fsp3) is 0.227. The standard InChI is InChI=1S/C22H21F4N2/c1-4-28-13-18(15-8-7-9-16(12-15)22(24,25)26)21(27(2)3)19(14-28)17-10-5-6-11-20(17)23/h5-14H,4H2,1-3H3/q+1. The van der Waals surface area contributed by atoms with Crippen LogP contribution in [0.2, 0.25) is 0 Å². The van der Waals surface area contributed by atoms with E-state index in [1.807, 2.05) is 17.7 Å². The Labute approximate surface area is 161 Å². The molecular weight excluding hydrogens is 368 g/mol. The molecule has 146 valence electrons. The summed E-state index contributed by atoms with van der Waals surface area (Å²) in [6.45, 7) is 2.53. The van der Waals surface area contributed by atoms with Crippen molar-refractivity contribution in [2.45, 2.75) is 19.6 Å². The highest BCUT2D eigenvalue weighted by Crippen LogP contribution is 2.40. The summed E-state index contributed by atoms with van der Waals surface area (Å²) in [5, 5.41) is 0. The van der Waals surface area contributed by atoms with E-state index in [2.05, 4.69) is 0 Å². The van der Waals surface area contributed by atoms with Crippen molar-refractivity contribution in [3.05, 3.63) is 72.3 Å². The van der Waals surface area contributed by atoms with Crippen molar-refractivity contribution in [2.24, 2.45) is 0 Å². The molecule has 0 saturated carbocycles. The van der Waals surface area contributed by atoms with E-state index in [9.17, 15) is 17.6 Å². The van der Waals surface area contributed by atoms with Crippen molar-refractivity contribution in [1.29, 1.82) is 0 Å². The van der Waals surface area contributed by atoms with Crippen LogP contribution in [0, 0.1) is 5.82 Å². The summed E-state index contributed by atoms with van der Waals surface area (Å²) in [6, 6.07) is 11.6. The van der Waals surface area contributed by atoms with Gasteiger partial charge in [0.2, 0.25) is 0 Å². The Hall–Kier alpha value is -2.89. The number of hydrogen-bond acceptors (Lipinski definition) is 1. The van der Waals surface area contributed by atoms with Crippen molar-refractivity contribution in [3.63, 3.8) is 0 Å². The number of pyridine rings is 1. The van der Waals surface area contributed by atoms with E-state index in [1.165, 1.54) is 12.1 Å². The maximum atomic E-state index is 14.5. The summed E-state index contributed by atoms with van der Waals surface area (Å²) in [6.07, 6.45) is -0.807. The maximum Gasteiger partial charge on any atom is 0.416 e. The molecule has 0 aliphatic heterocycles. The van der Waals surface area contributed by atoms with Gasteiger partial charge in [0.1, 0.15) is 12.4 Å².